The molecule has 0 bridgehead atoms. The molecule has 0 aliphatic carbocycles. The molecule has 10 heteroatoms. The molecular formula is C18H15F3N4O2S. The number of nitrogens with zero attached hydrogens (tertiary/aromatic N) is 1. The van der Waals surface area contributed by atoms with E-state index in [4.69, 9.17) is 0 Å². The van der Waals surface area contributed by atoms with Gasteiger partial charge in [-0.05, 0) is 36.8 Å². The van der Waals surface area contributed by atoms with Gasteiger partial charge in [-0.3, -0.25) is 9.59 Å². The second kappa shape index (κ2) is 8.34. The summed E-state index contributed by atoms with van der Waals surface area (Å²) in [5.41, 5.74) is 2.20. The van der Waals surface area contributed by atoms with Crippen LogP contribution in [0.5, 0.6) is 0 Å². The summed E-state index contributed by atoms with van der Waals surface area (Å²) in [7, 11) is 0. The van der Waals surface area contributed by atoms with E-state index in [0.717, 1.165) is 34.4 Å². The molecule has 146 valence electrons. The van der Waals surface area contributed by atoms with Gasteiger partial charge in [0.1, 0.15) is 0 Å². The minimum absolute atomic E-state index is 0.00558. The molecule has 28 heavy (non-hydrogen) atoms. The molecule has 2 aromatic carbocycles. The highest BCUT2D eigenvalue weighted by molar-refractivity contribution is 7.99. The number of anilines is 1. The highest BCUT2D eigenvalue weighted by Crippen LogP contribution is 2.21. The Kier molecular flexibility index (Phi) is 5.88. The van der Waals surface area contributed by atoms with Crippen molar-refractivity contribution in [2.75, 3.05) is 17.6 Å². The van der Waals surface area contributed by atoms with E-state index >= 15 is 0 Å². The molecule has 0 fully saturated rings. The summed E-state index contributed by atoms with van der Waals surface area (Å²) in [5.74, 6) is -5.76. The van der Waals surface area contributed by atoms with Crippen LogP contribution in [0.1, 0.15) is 5.56 Å². The fourth-order valence-electron chi connectivity index (χ4n) is 2.35. The number of hydrogen-bond donors (Lipinski definition) is 3. The number of benzene rings is 2. The Bertz CT molecular complexity index is 1050. The van der Waals surface area contributed by atoms with E-state index in [9.17, 15) is 22.8 Å². The van der Waals surface area contributed by atoms with Gasteiger partial charge < -0.3 is 15.6 Å². The van der Waals surface area contributed by atoms with E-state index < -0.39 is 41.5 Å². The molecule has 1 aromatic heterocycles. The Balaban J connectivity index is 1.48. The maximum atomic E-state index is 13.5. The normalized spacial score (nSPS) is 10.9. The van der Waals surface area contributed by atoms with Gasteiger partial charge in [0.2, 0.25) is 11.8 Å². The fourth-order valence-corrected chi connectivity index (χ4v) is 3.06. The number of carbonyl (C=O) groups excluding carboxylic acids is 2. The van der Waals surface area contributed by atoms with Crippen LogP contribution in [0.15, 0.2) is 35.5 Å². The number of H-pyrrole nitrogens is 1. The first-order valence-electron chi connectivity index (χ1n) is 8.12. The lowest BCUT2D eigenvalue weighted by atomic mass is 10.2. The minimum Gasteiger partial charge on any atom is -0.346 e. The molecule has 0 radical (unpaired) electrons. The van der Waals surface area contributed by atoms with Gasteiger partial charge in [-0.1, -0.05) is 17.8 Å². The van der Waals surface area contributed by atoms with E-state index in [-0.39, 0.29) is 5.75 Å². The van der Waals surface area contributed by atoms with E-state index in [0.29, 0.717) is 11.2 Å². The second-order valence-corrected chi connectivity index (χ2v) is 6.86. The van der Waals surface area contributed by atoms with E-state index in [1.165, 1.54) is 0 Å². The lowest BCUT2D eigenvalue weighted by Crippen LogP contribution is -2.34. The molecule has 3 N–H and O–H groups in total. The molecule has 0 spiro atoms. The zero-order valence-corrected chi connectivity index (χ0v) is 15.4. The third-order valence-corrected chi connectivity index (χ3v) is 4.58. The summed E-state index contributed by atoms with van der Waals surface area (Å²) in [6, 6.07) is 7.32. The van der Waals surface area contributed by atoms with E-state index in [1.807, 2.05) is 25.1 Å². The van der Waals surface area contributed by atoms with Gasteiger partial charge >= 0.3 is 0 Å². The van der Waals surface area contributed by atoms with Crippen molar-refractivity contribution in [1.82, 2.24) is 15.3 Å². The number of rotatable bonds is 6. The topological polar surface area (TPSA) is 86.9 Å². The van der Waals surface area contributed by atoms with Crippen LogP contribution in [0, 0.1) is 24.4 Å². The third-order valence-electron chi connectivity index (χ3n) is 3.71. The highest BCUT2D eigenvalue weighted by atomic mass is 32.2. The molecule has 3 rings (SSSR count). The lowest BCUT2D eigenvalue weighted by Gasteiger charge is -2.08. The summed E-state index contributed by atoms with van der Waals surface area (Å²) < 4.78 is 39.5. The Labute approximate surface area is 161 Å². The van der Waals surface area contributed by atoms with Crippen molar-refractivity contribution >= 4 is 40.3 Å². The molecule has 0 aliphatic rings. The first kappa shape index (κ1) is 19.7. The van der Waals surface area contributed by atoms with E-state index in [1.54, 1.807) is 0 Å². The molecule has 0 unspecified atom stereocenters. The fraction of sp³-hybridized carbons (Fsp3) is 0.167. The summed E-state index contributed by atoms with van der Waals surface area (Å²) in [4.78, 5) is 31.1. The van der Waals surface area contributed by atoms with Crippen LogP contribution in [0.25, 0.3) is 11.0 Å². The Morgan fingerprint density at radius 2 is 1.89 bits per heavy atom. The predicted molar refractivity (Wildman–Crippen MR) is 99.5 cm³/mol. The number of amides is 2. The summed E-state index contributed by atoms with van der Waals surface area (Å²) in [6.07, 6.45) is 0. The molecule has 2 amide bonds. The van der Waals surface area contributed by atoms with Crippen molar-refractivity contribution < 1.29 is 22.8 Å². The zero-order chi connectivity index (χ0) is 20.3. The number of thioether (sulfide) groups is 1. The van der Waals surface area contributed by atoms with Crippen LogP contribution in [-0.4, -0.2) is 34.1 Å². The Hall–Kier alpha value is -3.01. The smallest absolute Gasteiger partial charge is 0.243 e. The SMILES string of the molecule is Cc1ccc2nc(SCC(=O)NCC(=O)Nc3ccc(F)c(F)c3F)[nH]c2c1. The third kappa shape index (κ3) is 4.63. The van der Waals surface area contributed by atoms with Gasteiger partial charge in [0.05, 0.1) is 29.0 Å². The van der Waals surface area contributed by atoms with Gasteiger partial charge in [0.25, 0.3) is 0 Å². The average molecular weight is 408 g/mol. The molecule has 0 saturated heterocycles. The second-order valence-electron chi connectivity index (χ2n) is 5.90. The number of hydrogen-bond acceptors (Lipinski definition) is 4. The number of fused-ring (bicyclic) bond motifs is 1. The van der Waals surface area contributed by atoms with Crippen LogP contribution in [0.3, 0.4) is 0 Å². The molecule has 1 heterocycles. The number of imidazole rings is 1. The van der Waals surface area contributed by atoms with Crippen molar-refractivity contribution in [2.45, 2.75) is 12.1 Å². The summed E-state index contributed by atoms with van der Waals surface area (Å²) in [6.45, 7) is 1.51. The molecule has 6 nitrogen and oxygen atoms in total. The van der Waals surface area contributed by atoms with Crippen LogP contribution in [0.4, 0.5) is 18.9 Å². The quantitative estimate of drug-likeness (QED) is 0.432. The zero-order valence-electron chi connectivity index (χ0n) is 14.6. The standard InChI is InChI=1S/C18H15F3N4O2S/c1-9-2-4-11-13(6-9)25-18(24-11)28-8-15(27)22-7-14(26)23-12-5-3-10(19)16(20)17(12)21/h2-6H,7-8H2,1H3,(H,22,27)(H,23,26)(H,24,25). The van der Waals surface area contributed by atoms with Gasteiger partial charge in [0.15, 0.2) is 22.6 Å². The number of aromatic amines is 1. The first-order chi connectivity index (χ1) is 13.3. The van der Waals surface area contributed by atoms with Gasteiger partial charge in [-0.15, -0.1) is 0 Å². The lowest BCUT2D eigenvalue weighted by molar-refractivity contribution is -0.122. The maximum Gasteiger partial charge on any atom is 0.243 e. The Morgan fingerprint density at radius 1 is 1.11 bits per heavy atom. The van der Waals surface area contributed by atoms with Crippen molar-refractivity contribution in [3.8, 4) is 0 Å². The van der Waals surface area contributed by atoms with Crippen LogP contribution < -0.4 is 10.6 Å². The monoisotopic (exact) mass is 408 g/mol. The molecule has 0 atom stereocenters. The molecule has 3 aromatic rings. The Morgan fingerprint density at radius 3 is 2.68 bits per heavy atom. The van der Waals surface area contributed by atoms with Crippen molar-refractivity contribution in [2.24, 2.45) is 0 Å². The first-order valence-corrected chi connectivity index (χ1v) is 9.11. The minimum atomic E-state index is -1.68. The molecule has 0 saturated carbocycles. The summed E-state index contributed by atoms with van der Waals surface area (Å²) in [5, 5.41) is 4.99. The summed E-state index contributed by atoms with van der Waals surface area (Å²) >= 11 is 1.16. The van der Waals surface area contributed by atoms with Crippen LogP contribution in [0.2, 0.25) is 0 Å². The van der Waals surface area contributed by atoms with Crippen LogP contribution in [-0.2, 0) is 9.59 Å². The van der Waals surface area contributed by atoms with Gasteiger partial charge in [0, 0.05) is 0 Å². The van der Waals surface area contributed by atoms with Gasteiger partial charge in [-0.25, -0.2) is 18.2 Å². The van der Waals surface area contributed by atoms with E-state index in [2.05, 4.69) is 20.6 Å². The maximum absolute atomic E-state index is 13.5. The van der Waals surface area contributed by atoms with Crippen LogP contribution >= 0.6 is 11.8 Å². The van der Waals surface area contributed by atoms with Crippen molar-refractivity contribution in [3.05, 3.63) is 53.3 Å². The number of halogens is 3. The van der Waals surface area contributed by atoms with Crippen molar-refractivity contribution in [3.63, 3.8) is 0 Å². The average Bonchev–Trinajstić information content (AvgIpc) is 3.07. The highest BCUT2D eigenvalue weighted by Gasteiger charge is 2.15. The van der Waals surface area contributed by atoms with Gasteiger partial charge in [-0.2, -0.15) is 0 Å². The van der Waals surface area contributed by atoms with Crippen molar-refractivity contribution in [1.29, 1.82) is 0 Å². The number of carbonyl (C=O) groups is 2. The predicted octanol–water partition coefficient (Wildman–Crippen LogP) is 3.14. The number of aryl methyl sites for hydroxylation is 1. The largest absolute Gasteiger partial charge is 0.346 e. The molecule has 0 aliphatic heterocycles. The number of nitrogens with one attached hydrogen (secondary N) is 3. The number of aromatic nitrogens is 2. The molecular weight excluding hydrogens is 393 g/mol.